The van der Waals surface area contributed by atoms with Gasteiger partial charge in [-0.25, -0.2) is 4.98 Å². The second-order valence-electron chi connectivity index (χ2n) is 5.75. The number of anilines is 1. The number of aliphatic imine (C=N–C) groups is 1. The summed E-state index contributed by atoms with van der Waals surface area (Å²) >= 11 is 0. The zero-order valence-electron chi connectivity index (χ0n) is 13.8. The Morgan fingerprint density at radius 2 is 2.17 bits per heavy atom. The molecule has 0 atom stereocenters. The van der Waals surface area contributed by atoms with Gasteiger partial charge >= 0.3 is 0 Å². The van der Waals surface area contributed by atoms with E-state index in [2.05, 4.69) is 29.1 Å². The predicted molar refractivity (Wildman–Crippen MR) is 96.0 cm³/mol. The Morgan fingerprint density at radius 1 is 1.43 bits per heavy atom. The van der Waals surface area contributed by atoms with Crippen LogP contribution in [0.15, 0.2) is 45.8 Å². The Morgan fingerprint density at radius 3 is 2.83 bits per heavy atom. The van der Waals surface area contributed by atoms with Crippen LogP contribution in [-0.2, 0) is 6.54 Å². The molecule has 1 heterocycles. The molecule has 0 radical (unpaired) electrons. The average molecular weight is 313 g/mol. The average Bonchev–Trinajstić information content (AvgIpc) is 2.55. The summed E-state index contributed by atoms with van der Waals surface area (Å²) in [4.78, 5) is 21.4. The zero-order chi connectivity index (χ0) is 16.8. The van der Waals surface area contributed by atoms with E-state index >= 15 is 0 Å². The highest BCUT2D eigenvalue weighted by Crippen LogP contribution is 2.13. The molecule has 1 aromatic heterocycles. The fourth-order valence-electron chi connectivity index (χ4n) is 2.23. The number of rotatable bonds is 6. The molecule has 0 aliphatic rings. The molecular weight excluding hydrogens is 290 g/mol. The first kappa shape index (κ1) is 16.7. The summed E-state index contributed by atoms with van der Waals surface area (Å²) in [6, 6.07) is 7.34. The van der Waals surface area contributed by atoms with Gasteiger partial charge in [-0.1, -0.05) is 26.0 Å². The smallest absolute Gasteiger partial charge is 0.263 e. The topological polar surface area (TPSA) is 85.3 Å². The van der Waals surface area contributed by atoms with Crippen molar-refractivity contribution in [2.45, 2.75) is 20.4 Å². The van der Waals surface area contributed by atoms with E-state index in [0.29, 0.717) is 29.3 Å². The lowest BCUT2D eigenvalue weighted by atomic mass is 10.2. The number of nitrogens with two attached hydrogens (primary N) is 1. The molecule has 0 saturated carbocycles. The largest absolute Gasteiger partial charge is 0.404 e. The molecule has 0 aliphatic carbocycles. The summed E-state index contributed by atoms with van der Waals surface area (Å²) in [6.07, 6.45) is 3.11. The molecule has 2 rings (SSSR count). The minimum absolute atomic E-state index is 0.0919. The van der Waals surface area contributed by atoms with Crippen LogP contribution in [0.4, 0.5) is 5.95 Å². The first-order chi connectivity index (χ1) is 11.1. The van der Waals surface area contributed by atoms with Crippen molar-refractivity contribution in [3.63, 3.8) is 0 Å². The van der Waals surface area contributed by atoms with E-state index < -0.39 is 0 Å². The van der Waals surface area contributed by atoms with E-state index in [1.807, 2.05) is 18.2 Å². The molecule has 0 bridgehead atoms. The number of nitrogens with zero attached hydrogens (tertiary/aromatic N) is 3. The van der Waals surface area contributed by atoms with Gasteiger partial charge in [0.2, 0.25) is 5.95 Å². The molecule has 3 N–H and O–H groups in total. The van der Waals surface area contributed by atoms with E-state index in [0.717, 1.165) is 12.1 Å². The maximum absolute atomic E-state index is 12.8. The monoisotopic (exact) mass is 313 g/mol. The maximum atomic E-state index is 12.8. The van der Waals surface area contributed by atoms with Crippen molar-refractivity contribution in [1.29, 1.82) is 0 Å². The maximum Gasteiger partial charge on any atom is 0.263 e. The standard InChI is InChI=1S/C17H23N5O/c1-12(2)9-20-17-21-15-7-5-4-6-14(15)16(23)22(17)11-13(8-18)10-19-3/h4-8,10,12H,9,11,18H2,1-3H3,(H,20,21). The summed E-state index contributed by atoms with van der Waals surface area (Å²) in [5, 5.41) is 3.85. The summed E-state index contributed by atoms with van der Waals surface area (Å²) in [6.45, 7) is 5.26. The van der Waals surface area contributed by atoms with Crippen molar-refractivity contribution in [3.8, 4) is 0 Å². The molecule has 23 heavy (non-hydrogen) atoms. The van der Waals surface area contributed by atoms with Gasteiger partial charge in [-0.15, -0.1) is 0 Å². The molecule has 6 heteroatoms. The van der Waals surface area contributed by atoms with Crippen molar-refractivity contribution in [1.82, 2.24) is 9.55 Å². The lowest BCUT2D eigenvalue weighted by Crippen LogP contribution is -2.27. The van der Waals surface area contributed by atoms with Gasteiger partial charge in [0.15, 0.2) is 0 Å². The highest BCUT2D eigenvalue weighted by Gasteiger charge is 2.12. The molecule has 0 spiro atoms. The number of benzene rings is 1. The van der Waals surface area contributed by atoms with Crippen LogP contribution in [0.1, 0.15) is 13.8 Å². The third-order valence-electron chi connectivity index (χ3n) is 3.38. The Kier molecular flexibility index (Phi) is 5.51. The highest BCUT2D eigenvalue weighted by atomic mass is 16.1. The van der Waals surface area contributed by atoms with Crippen molar-refractivity contribution < 1.29 is 0 Å². The normalized spacial score (nSPS) is 12.4. The molecular formula is C17H23N5O. The zero-order valence-corrected chi connectivity index (χ0v) is 13.8. The van der Waals surface area contributed by atoms with Crippen LogP contribution in [0.25, 0.3) is 10.9 Å². The van der Waals surface area contributed by atoms with Gasteiger partial charge in [-0.05, 0) is 18.1 Å². The highest BCUT2D eigenvalue weighted by molar-refractivity contribution is 5.80. The van der Waals surface area contributed by atoms with E-state index in [1.165, 1.54) is 6.20 Å². The molecule has 2 aromatic rings. The fourth-order valence-corrected chi connectivity index (χ4v) is 2.23. The summed E-state index contributed by atoms with van der Waals surface area (Å²) in [5.41, 5.74) is 6.97. The van der Waals surface area contributed by atoms with Crippen molar-refractivity contribution in [2.75, 3.05) is 18.9 Å². The van der Waals surface area contributed by atoms with Crippen LogP contribution in [0.3, 0.4) is 0 Å². The molecule has 1 aromatic carbocycles. The molecule has 6 nitrogen and oxygen atoms in total. The SMILES string of the molecule is CN=CC(=CN)Cn1c(NCC(C)C)nc2ccccc2c1=O. The lowest BCUT2D eigenvalue weighted by molar-refractivity contribution is 0.670. The van der Waals surface area contributed by atoms with Gasteiger partial charge in [0.1, 0.15) is 0 Å². The number of para-hydroxylation sites is 1. The second kappa shape index (κ2) is 7.58. The number of hydrogen-bond donors (Lipinski definition) is 2. The molecule has 0 fully saturated rings. The van der Waals surface area contributed by atoms with Gasteiger partial charge in [0, 0.05) is 31.6 Å². The van der Waals surface area contributed by atoms with E-state index in [4.69, 9.17) is 5.73 Å². The lowest BCUT2D eigenvalue weighted by Gasteiger charge is -2.16. The molecule has 0 unspecified atom stereocenters. The fraction of sp³-hybridized carbons (Fsp3) is 0.353. The van der Waals surface area contributed by atoms with Crippen molar-refractivity contribution >= 4 is 23.1 Å². The van der Waals surface area contributed by atoms with Crippen LogP contribution >= 0.6 is 0 Å². The van der Waals surface area contributed by atoms with E-state index in [9.17, 15) is 4.79 Å². The number of allylic oxidation sites excluding steroid dienone is 1. The first-order valence-corrected chi connectivity index (χ1v) is 7.63. The third-order valence-corrected chi connectivity index (χ3v) is 3.38. The summed E-state index contributed by atoms with van der Waals surface area (Å²) < 4.78 is 1.60. The van der Waals surface area contributed by atoms with Crippen molar-refractivity contribution in [3.05, 3.63) is 46.4 Å². The van der Waals surface area contributed by atoms with Gasteiger partial charge in [0.05, 0.1) is 17.4 Å². The van der Waals surface area contributed by atoms with Crippen LogP contribution in [-0.4, -0.2) is 29.4 Å². The summed E-state index contributed by atoms with van der Waals surface area (Å²) in [7, 11) is 1.67. The van der Waals surface area contributed by atoms with Crippen LogP contribution in [0.5, 0.6) is 0 Å². The van der Waals surface area contributed by atoms with E-state index in [-0.39, 0.29) is 5.56 Å². The Hall–Kier alpha value is -2.63. The Labute approximate surface area is 135 Å². The van der Waals surface area contributed by atoms with Crippen LogP contribution in [0.2, 0.25) is 0 Å². The number of fused-ring (bicyclic) bond motifs is 1. The number of aromatic nitrogens is 2. The summed E-state index contributed by atoms with van der Waals surface area (Å²) in [5.74, 6) is 0.986. The minimum Gasteiger partial charge on any atom is -0.404 e. The van der Waals surface area contributed by atoms with Gasteiger partial charge in [-0.3, -0.25) is 14.4 Å². The number of hydrogen-bond acceptors (Lipinski definition) is 5. The van der Waals surface area contributed by atoms with E-state index in [1.54, 1.807) is 23.9 Å². The van der Waals surface area contributed by atoms with Gasteiger partial charge in [0.25, 0.3) is 5.56 Å². The first-order valence-electron chi connectivity index (χ1n) is 7.63. The third kappa shape index (κ3) is 3.97. The van der Waals surface area contributed by atoms with Crippen molar-refractivity contribution in [2.24, 2.45) is 16.6 Å². The van der Waals surface area contributed by atoms with Gasteiger partial charge < -0.3 is 11.1 Å². The second-order valence-corrected chi connectivity index (χ2v) is 5.75. The van der Waals surface area contributed by atoms with Crippen LogP contribution < -0.4 is 16.6 Å². The predicted octanol–water partition coefficient (Wildman–Crippen LogP) is 2.01. The number of nitrogens with one attached hydrogen (secondary N) is 1. The molecule has 122 valence electrons. The van der Waals surface area contributed by atoms with Crippen LogP contribution in [0, 0.1) is 5.92 Å². The minimum atomic E-state index is -0.0919. The quantitative estimate of drug-likeness (QED) is 0.799. The molecule has 0 amide bonds. The molecule has 0 aliphatic heterocycles. The van der Waals surface area contributed by atoms with Gasteiger partial charge in [-0.2, -0.15) is 0 Å². The Bertz CT molecular complexity index is 789. The molecule has 0 saturated heterocycles. The Balaban J connectivity index is 2.55.